The molecule has 1 unspecified atom stereocenters. The minimum Gasteiger partial charge on any atom is -0.494 e. The predicted octanol–water partition coefficient (Wildman–Crippen LogP) is 2.76. The topological polar surface area (TPSA) is 66.3 Å². The lowest BCUT2D eigenvalue weighted by Crippen LogP contribution is -2.50. The van der Waals surface area contributed by atoms with Crippen LogP contribution in [0.2, 0.25) is 0 Å². The maximum Gasteiger partial charge on any atom is 0.276 e. The quantitative estimate of drug-likeness (QED) is 0.747. The summed E-state index contributed by atoms with van der Waals surface area (Å²) in [5, 5.41) is 11.7. The van der Waals surface area contributed by atoms with Gasteiger partial charge in [0.05, 0.1) is 12.0 Å². The number of nitrogens with one attached hydrogen (secondary N) is 1. The van der Waals surface area contributed by atoms with Crippen molar-refractivity contribution in [3.63, 3.8) is 0 Å². The van der Waals surface area contributed by atoms with Gasteiger partial charge in [-0.15, -0.1) is 5.10 Å². The lowest BCUT2D eigenvalue weighted by Gasteiger charge is -2.34. The number of thioether (sulfide) groups is 1. The SMILES string of the molecule is CCCCSC1=NN2C(=c3ccccc3=NC2c2ccc(OCC)cc2)C(=O)N1. The Labute approximate surface area is 174 Å². The zero-order chi connectivity index (χ0) is 20.2. The monoisotopic (exact) mass is 408 g/mol. The van der Waals surface area contributed by atoms with Crippen LogP contribution < -0.4 is 20.6 Å². The number of amidine groups is 1. The van der Waals surface area contributed by atoms with Crippen molar-refractivity contribution < 1.29 is 9.53 Å². The molecule has 1 atom stereocenters. The lowest BCUT2D eigenvalue weighted by molar-refractivity contribution is -0.116. The number of carbonyl (C=O) groups is 1. The highest BCUT2D eigenvalue weighted by molar-refractivity contribution is 8.13. The first-order valence-corrected chi connectivity index (χ1v) is 10.9. The molecule has 0 spiro atoms. The van der Waals surface area contributed by atoms with Gasteiger partial charge in [-0.05, 0) is 37.1 Å². The number of hydrazone groups is 1. The highest BCUT2D eigenvalue weighted by Crippen LogP contribution is 2.31. The number of carbonyl (C=O) groups excluding carboxylic acids is 1. The molecule has 150 valence electrons. The highest BCUT2D eigenvalue weighted by Gasteiger charge is 2.34. The molecule has 4 rings (SSSR count). The second-order valence-corrected chi connectivity index (χ2v) is 7.86. The molecule has 2 aromatic carbocycles. The summed E-state index contributed by atoms with van der Waals surface area (Å²) >= 11 is 1.57. The van der Waals surface area contributed by atoms with Crippen molar-refractivity contribution in [2.75, 3.05) is 12.4 Å². The Morgan fingerprint density at radius 3 is 2.69 bits per heavy atom. The van der Waals surface area contributed by atoms with E-state index in [0.29, 0.717) is 17.5 Å². The predicted molar refractivity (Wildman–Crippen MR) is 116 cm³/mol. The van der Waals surface area contributed by atoms with Crippen LogP contribution in [0.4, 0.5) is 0 Å². The van der Waals surface area contributed by atoms with Gasteiger partial charge in [0, 0.05) is 11.0 Å². The van der Waals surface area contributed by atoms with Crippen molar-refractivity contribution >= 4 is 28.5 Å². The molecule has 0 saturated carbocycles. The van der Waals surface area contributed by atoms with E-state index in [9.17, 15) is 4.79 Å². The van der Waals surface area contributed by atoms with Crippen LogP contribution >= 0.6 is 11.8 Å². The van der Waals surface area contributed by atoms with Gasteiger partial charge in [0.1, 0.15) is 11.4 Å². The number of benzene rings is 2. The van der Waals surface area contributed by atoms with E-state index in [1.165, 1.54) is 0 Å². The van der Waals surface area contributed by atoms with Crippen LogP contribution in [0.1, 0.15) is 38.4 Å². The van der Waals surface area contributed by atoms with E-state index in [1.54, 1.807) is 16.8 Å². The highest BCUT2D eigenvalue weighted by atomic mass is 32.2. The summed E-state index contributed by atoms with van der Waals surface area (Å²) in [4.78, 5) is 17.9. The zero-order valence-corrected chi connectivity index (χ0v) is 17.4. The fourth-order valence-electron chi connectivity index (χ4n) is 3.33. The molecule has 29 heavy (non-hydrogen) atoms. The van der Waals surface area contributed by atoms with E-state index in [4.69, 9.17) is 14.8 Å². The summed E-state index contributed by atoms with van der Waals surface area (Å²) in [5.74, 6) is 1.59. The van der Waals surface area contributed by atoms with E-state index in [-0.39, 0.29) is 5.91 Å². The first-order chi connectivity index (χ1) is 14.2. The van der Waals surface area contributed by atoms with E-state index in [0.717, 1.165) is 40.5 Å². The molecule has 0 radical (unpaired) electrons. The third kappa shape index (κ3) is 4.00. The van der Waals surface area contributed by atoms with Crippen LogP contribution in [0.3, 0.4) is 0 Å². The number of hydrogen-bond donors (Lipinski definition) is 1. The first-order valence-electron chi connectivity index (χ1n) is 9.93. The molecule has 0 saturated heterocycles. The second-order valence-electron chi connectivity index (χ2n) is 6.78. The van der Waals surface area contributed by atoms with Crippen LogP contribution in [-0.4, -0.2) is 28.4 Å². The molecule has 2 aliphatic rings. The molecule has 0 fully saturated rings. The van der Waals surface area contributed by atoms with Crippen LogP contribution in [0.15, 0.2) is 58.6 Å². The Hall–Kier alpha value is -2.80. The number of ether oxygens (including phenoxy) is 1. The van der Waals surface area contributed by atoms with Gasteiger partial charge in [0.25, 0.3) is 5.91 Å². The summed E-state index contributed by atoms with van der Waals surface area (Å²) < 4.78 is 5.56. The number of fused-ring (bicyclic) bond motifs is 2. The third-order valence-corrected chi connectivity index (χ3v) is 5.69. The Morgan fingerprint density at radius 2 is 1.93 bits per heavy atom. The lowest BCUT2D eigenvalue weighted by atomic mass is 10.1. The molecule has 0 aromatic heterocycles. The zero-order valence-electron chi connectivity index (χ0n) is 16.6. The molecule has 6 nitrogen and oxygen atoms in total. The van der Waals surface area contributed by atoms with Gasteiger partial charge in [-0.2, -0.15) is 0 Å². The molecule has 2 heterocycles. The van der Waals surface area contributed by atoms with Gasteiger partial charge in [-0.1, -0.05) is 55.4 Å². The normalized spacial score (nSPS) is 17.7. The number of rotatable bonds is 6. The number of nitrogens with zero attached hydrogens (tertiary/aromatic N) is 3. The maximum atomic E-state index is 13.0. The maximum absolute atomic E-state index is 13.0. The van der Waals surface area contributed by atoms with Gasteiger partial charge >= 0.3 is 0 Å². The van der Waals surface area contributed by atoms with Gasteiger partial charge in [-0.25, -0.2) is 5.01 Å². The van der Waals surface area contributed by atoms with Gasteiger partial charge in [-0.3, -0.25) is 15.1 Å². The van der Waals surface area contributed by atoms with Gasteiger partial charge in [0.2, 0.25) is 0 Å². The molecule has 7 heteroatoms. The van der Waals surface area contributed by atoms with Crippen molar-refractivity contribution in [2.24, 2.45) is 10.1 Å². The smallest absolute Gasteiger partial charge is 0.276 e. The average molecular weight is 409 g/mol. The molecule has 0 aliphatic carbocycles. The van der Waals surface area contributed by atoms with Crippen LogP contribution in [0.5, 0.6) is 5.75 Å². The third-order valence-electron chi connectivity index (χ3n) is 4.74. The summed E-state index contributed by atoms with van der Waals surface area (Å²) in [6, 6.07) is 15.5. The van der Waals surface area contributed by atoms with Crippen molar-refractivity contribution in [3.8, 4) is 5.75 Å². The Kier molecular flexibility index (Phi) is 5.85. The molecule has 2 aliphatic heterocycles. The summed E-state index contributed by atoms with van der Waals surface area (Å²) in [6.45, 7) is 4.73. The Morgan fingerprint density at radius 1 is 1.14 bits per heavy atom. The van der Waals surface area contributed by atoms with E-state index in [1.807, 2.05) is 55.5 Å². The van der Waals surface area contributed by atoms with Gasteiger partial charge in [0.15, 0.2) is 11.3 Å². The largest absolute Gasteiger partial charge is 0.494 e. The number of hydrogen-bond acceptors (Lipinski definition) is 6. The standard InChI is InChI=1S/C22H24N4O2S/c1-3-5-14-29-22-24-21(27)19-17-8-6-7-9-18(17)23-20(26(19)25-22)15-10-12-16(13-11-15)28-4-2/h6-13,20H,3-5,14H2,1-2H3,(H,24,25,27). The molecular weight excluding hydrogens is 384 g/mol. The minimum atomic E-state index is -0.400. The molecule has 0 bridgehead atoms. The second kappa shape index (κ2) is 8.69. The van der Waals surface area contributed by atoms with Crippen LogP contribution in [-0.2, 0) is 4.79 Å². The Balaban J connectivity index is 1.78. The summed E-state index contributed by atoms with van der Waals surface area (Å²) in [5.41, 5.74) is 1.49. The summed E-state index contributed by atoms with van der Waals surface area (Å²) in [6.07, 6.45) is 1.78. The minimum absolute atomic E-state index is 0.141. The number of unbranched alkanes of at least 4 members (excludes halogenated alkanes) is 1. The fraction of sp³-hybridized carbons (Fsp3) is 0.318. The number of amides is 1. The molecule has 1 N–H and O–H groups in total. The van der Waals surface area contributed by atoms with E-state index < -0.39 is 6.17 Å². The Bertz CT molecular complexity index is 1050. The van der Waals surface area contributed by atoms with Crippen molar-refractivity contribution in [2.45, 2.75) is 32.9 Å². The van der Waals surface area contributed by atoms with Crippen molar-refractivity contribution in [1.82, 2.24) is 10.3 Å². The van der Waals surface area contributed by atoms with Crippen molar-refractivity contribution in [1.29, 1.82) is 0 Å². The van der Waals surface area contributed by atoms with Crippen LogP contribution in [0.25, 0.3) is 5.70 Å². The first kappa shape index (κ1) is 19.5. The molecular formula is C22H24N4O2S. The van der Waals surface area contributed by atoms with Gasteiger partial charge < -0.3 is 4.74 Å². The molecule has 1 amide bonds. The van der Waals surface area contributed by atoms with E-state index in [2.05, 4.69) is 12.2 Å². The number of para-hydroxylation sites is 1. The van der Waals surface area contributed by atoms with Crippen molar-refractivity contribution in [3.05, 3.63) is 64.7 Å². The summed E-state index contributed by atoms with van der Waals surface area (Å²) in [7, 11) is 0. The van der Waals surface area contributed by atoms with E-state index >= 15 is 0 Å². The average Bonchev–Trinajstić information content (AvgIpc) is 2.74. The van der Waals surface area contributed by atoms with Crippen LogP contribution in [0, 0.1) is 0 Å². The fourth-order valence-corrected chi connectivity index (χ4v) is 4.26. The molecule has 2 aromatic rings.